The van der Waals surface area contributed by atoms with E-state index in [9.17, 15) is 0 Å². The molecule has 0 saturated heterocycles. The number of nitrogens with one attached hydrogen (secondary N) is 1. The van der Waals surface area contributed by atoms with E-state index in [4.69, 9.17) is 11.6 Å². The van der Waals surface area contributed by atoms with Crippen molar-refractivity contribution in [3.05, 3.63) is 45.1 Å². The minimum atomic E-state index is 0.790. The molecule has 0 radical (unpaired) electrons. The van der Waals surface area contributed by atoms with Gasteiger partial charge in [-0.15, -0.1) is 11.3 Å². The van der Waals surface area contributed by atoms with E-state index in [2.05, 4.69) is 29.8 Å². The predicted octanol–water partition coefficient (Wildman–Crippen LogP) is 4.10. The van der Waals surface area contributed by atoms with Crippen molar-refractivity contribution in [1.29, 1.82) is 0 Å². The van der Waals surface area contributed by atoms with Gasteiger partial charge in [-0.2, -0.15) is 0 Å². The number of rotatable bonds is 3. The number of benzene rings is 1. The summed E-state index contributed by atoms with van der Waals surface area (Å²) in [7, 11) is 1.96. The van der Waals surface area contributed by atoms with E-state index in [1.54, 1.807) is 11.3 Å². The highest BCUT2D eigenvalue weighted by Crippen LogP contribution is 2.30. The van der Waals surface area contributed by atoms with Gasteiger partial charge in [-0.25, -0.2) is 0 Å². The van der Waals surface area contributed by atoms with Crippen LogP contribution in [0.1, 0.15) is 10.4 Å². The van der Waals surface area contributed by atoms with Gasteiger partial charge in [0.1, 0.15) is 0 Å². The molecular formula is C13H14ClNS. The van der Waals surface area contributed by atoms with Crippen LogP contribution >= 0.6 is 22.9 Å². The number of hydrogen-bond acceptors (Lipinski definition) is 2. The van der Waals surface area contributed by atoms with E-state index in [1.165, 1.54) is 21.6 Å². The summed E-state index contributed by atoms with van der Waals surface area (Å²) in [4.78, 5) is 1.32. The summed E-state index contributed by atoms with van der Waals surface area (Å²) in [6.45, 7) is 2.98. The van der Waals surface area contributed by atoms with Crippen molar-refractivity contribution in [1.82, 2.24) is 5.32 Å². The van der Waals surface area contributed by atoms with Crippen LogP contribution in [-0.2, 0) is 6.54 Å². The number of hydrogen-bond donors (Lipinski definition) is 1. The Morgan fingerprint density at radius 2 is 2.12 bits per heavy atom. The van der Waals surface area contributed by atoms with E-state index in [0.717, 1.165) is 11.6 Å². The molecule has 84 valence electrons. The van der Waals surface area contributed by atoms with Crippen molar-refractivity contribution >= 4 is 22.9 Å². The summed E-state index contributed by atoms with van der Waals surface area (Å²) < 4.78 is 0. The highest BCUT2D eigenvalue weighted by Gasteiger charge is 2.06. The van der Waals surface area contributed by atoms with Crippen LogP contribution in [0, 0.1) is 6.92 Å². The van der Waals surface area contributed by atoms with Gasteiger partial charge in [-0.05, 0) is 54.2 Å². The number of thiophene rings is 1. The quantitative estimate of drug-likeness (QED) is 0.866. The number of aryl methyl sites for hydroxylation is 1. The second-order valence-corrected chi connectivity index (χ2v) is 5.33. The zero-order valence-electron chi connectivity index (χ0n) is 9.38. The summed E-state index contributed by atoms with van der Waals surface area (Å²) in [6.07, 6.45) is 0. The molecule has 3 heteroatoms. The third-order valence-electron chi connectivity index (χ3n) is 2.48. The molecule has 16 heavy (non-hydrogen) atoms. The van der Waals surface area contributed by atoms with E-state index in [1.807, 2.05) is 19.2 Å². The summed E-state index contributed by atoms with van der Waals surface area (Å²) in [5, 5.41) is 6.15. The summed E-state index contributed by atoms with van der Waals surface area (Å²) in [6, 6.07) is 8.27. The van der Waals surface area contributed by atoms with Crippen LogP contribution in [0.15, 0.2) is 29.6 Å². The zero-order chi connectivity index (χ0) is 11.5. The van der Waals surface area contributed by atoms with Gasteiger partial charge >= 0.3 is 0 Å². The molecule has 1 aromatic heterocycles. The molecule has 1 N–H and O–H groups in total. The SMILES string of the molecule is CNCc1ccc(Cl)cc1-c1csc(C)c1. The monoisotopic (exact) mass is 251 g/mol. The first kappa shape index (κ1) is 11.6. The van der Waals surface area contributed by atoms with Gasteiger partial charge in [0.05, 0.1) is 0 Å². The highest BCUT2D eigenvalue weighted by atomic mass is 35.5. The minimum absolute atomic E-state index is 0.790. The van der Waals surface area contributed by atoms with E-state index in [-0.39, 0.29) is 0 Å². The Bertz CT molecular complexity index is 490. The molecule has 0 bridgehead atoms. The maximum Gasteiger partial charge on any atom is 0.0412 e. The molecular weight excluding hydrogens is 238 g/mol. The molecule has 0 fully saturated rings. The lowest BCUT2D eigenvalue weighted by Crippen LogP contribution is -2.06. The Labute approximate surface area is 105 Å². The first-order chi connectivity index (χ1) is 7.70. The van der Waals surface area contributed by atoms with Gasteiger partial charge in [-0.1, -0.05) is 17.7 Å². The van der Waals surface area contributed by atoms with Gasteiger partial charge in [0.15, 0.2) is 0 Å². The largest absolute Gasteiger partial charge is 0.316 e. The Morgan fingerprint density at radius 1 is 1.31 bits per heavy atom. The molecule has 0 saturated carbocycles. The Balaban J connectivity index is 2.48. The van der Waals surface area contributed by atoms with Gasteiger partial charge in [0.2, 0.25) is 0 Å². The maximum atomic E-state index is 6.06. The molecule has 0 aliphatic carbocycles. The summed E-state index contributed by atoms with van der Waals surface area (Å²) in [5.41, 5.74) is 3.77. The maximum absolute atomic E-state index is 6.06. The molecule has 2 rings (SSSR count). The molecule has 1 heterocycles. The highest BCUT2D eigenvalue weighted by molar-refractivity contribution is 7.10. The van der Waals surface area contributed by atoms with Crippen LogP contribution in [-0.4, -0.2) is 7.05 Å². The van der Waals surface area contributed by atoms with Gasteiger partial charge in [0.25, 0.3) is 0 Å². The molecule has 1 nitrogen and oxygen atoms in total. The van der Waals surface area contributed by atoms with Crippen LogP contribution < -0.4 is 5.32 Å². The smallest absolute Gasteiger partial charge is 0.0412 e. The topological polar surface area (TPSA) is 12.0 Å². The van der Waals surface area contributed by atoms with Crippen molar-refractivity contribution in [3.8, 4) is 11.1 Å². The van der Waals surface area contributed by atoms with Crippen LogP contribution in [0.4, 0.5) is 0 Å². The second-order valence-electron chi connectivity index (χ2n) is 3.78. The Kier molecular flexibility index (Phi) is 3.64. The molecule has 0 aliphatic heterocycles. The van der Waals surface area contributed by atoms with Crippen molar-refractivity contribution in [2.45, 2.75) is 13.5 Å². The third kappa shape index (κ3) is 2.46. The number of halogens is 1. The predicted molar refractivity (Wildman–Crippen MR) is 72.3 cm³/mol. The van der Waals surface area contributed by atoms with Crippen LogP contribution in [0.5, 0.6) is 0 Å². The average molecular weight is 252 g/mol. The lowest BCUT2D eigenvalue weighted by Gasteiger charge is -2.08. The lowest BCUT2D eigenvalue weighted by atomic mass is 10.0. The molecule has 0 unspecified atom stereocenters. The van der Waals surface area contributed by atoms with Crippen molar-refractivity contribution in [2.24, 2.45) is 0 Å². The van der Waals surface area contributed by atoms with Crippen molar-refractivity contribution < 1.29 is 0 Å². The minimum Gasteiger partial charge on any atom is -0.316 e. The van der Waals surface area contributed by atoms with Crippen LogP contribution in [0.25, 0.3) is 11.1 Å². The molecule has 1 aromatic carbocycles. The van der Waals surface area contributed by atoms with E-state index < -0.39 is 0 Å². The lowest BCUT2D eigenvalue weighted by molar-refractivity contribution is 0.819. The van der Waals surface area contributed by atoms with Gasteiger partial charge in [0, 0.05) is 16.4 Å². The average Bonchev–Trinajstić information content (AvgIpc) is 2.68. The molecule has 0 amide bonds. The van der Waals surface area contributed by atoms with Gasteiger partial charge < -0.3 is 5.32 Å². The standard InChI is InChI=1S/C13H14ClNS/c1-9-5-11(8-16-9)13-6-12(14)4-3-10(13)7-15-2/h3-6,8,15H,7H2,1-2H3. The summed E-state index contributed by atoms with van der Waals surface area (Å²) >= 11 is 7.83. The molecule has 0 atom stereocenters. The third-order valence-corrected chi connectivity index (χ3v) is 3.58. The van der Waals surface area contributed by atoms with E-state index in [0.29, 0.717) is 0 Å². The Morgan fingerprint density at radius 3 is 2.75 bits per heavy atom. The normalized spacial score (nSPS) is 10.7. The second kappa shape index (κ2) is 5.00. The van der Waals surface area contributed by atoms with Crippen molar-refractivity contribution in [2.75, 3.05) is 7.05 Å². The molecule has 2 aromatic rings. The van der Waals surface area contributed by atoms with Crippen LogP contribution in [0.2, 0.25) is 5.02 Å². The first-order valence-electron chi connectivity index (χ1n) is 5.19. The molecule has 0 aliphatic rings. The van der Waals surface area contributed by atoms with Crippen molar-refractivity contribution in [3.63, 3.8) is 0 Å². The first-order valence-corrected chi connectivity index (χ1v) is 6.45. The fraction of sp³-hybridized carbons (Fsp3) is 0.231. The Hall–Kier alpha value is -0.830. The zero-order valence-corrected chi connectivity index (χ0v) is 11.0. The van der Waals surface area contributed by atoms with E-state index >= 15 is 0 Å². The van der Waals surface area contributed by atoms with Gasteiger partial charge in [-0.3, -0.25) is 0 Å². The molecule has 0 spiro atoms. The fourth-order valence-corrected chi connectivity index (χ4v) is 2.62. The van der Waals surface area contributed by atoms with Crippen LogP contribution in [0.3, 0.4) is 0 Å². The summed E-state index contributed by atoms with van der Waals surface area (Å²) in [5.74, 6) is 0. The fourth-order valence-electron chi connectivity index (χ4n) is 1.75.